The van der Waals surface area contributed by atoms with Crippen molar-refractivity contribution in [1.82, 2.24) is 14.6 Å². The van der Waals surface area contributed by atoms with Gasteiger partial charge in [-0.2, -0.15) is 31.4 Å². The van der Waals surface area contributed by atoms with Gasteiger partial charge in [-0.1, -0.05) is 6.07 Å². The second kappa shape index (κ2) is 9.25. The van der Waals surface area contributed by atoms with Gasteiger partial charge in [-0.3, -0.25) is 14.9 Å². The van der Waals surface area contributed by atoms with Crippen LogP contribution in [0.2, 0.25) is 0 Å². The Morgan fingerprint density at radius 2 is 1.77 bits per heavy atom. The Morgan fingerprint density at radius 1 is 1.03 bits per heavy atom. The lowest BCUT2D eigenvalue weighted by molar-refractivity contribution is -0.384. The van der Waals surface area contributed by atoms with Crippen LogP contribution in [0, 0.1) is 10.1 Å². The monoisotopic (exact) mass is 551 g/mol. The number of nitro benzene ring substituents is 1. The Morgan fingerprint density at radius 3 is 2.41 bits per heavy atom. The SMILES string of the molecule is O=C(Nc1cc(Oc2cccc(C(F)(F)F)c2)cc([N+](=O)[O-])c1)c1cnn2c(C(F)(F)F)cc(C3CC3)nc12. The lowest BCUT2D eigenvalue weighted by Gasteiger charge is -2.12. The number of nitro groups is 1. The van der Waals surface area contributed by atoms with E-state index in [1.807, 2.05) is 0 Å². The molecular weight excluding hydrogens is 536 g/mol. The number of nitrogens with zero attached hydrogens (tertiary/aromatic N) is 4. The molecule has 0 bridgehead atoms. The molecule has 15 heteroatoms. The third-order valence-electron chi connectivity index (χ3n) is 5.78. The van der Waals surface area contributed by atoms with Gasteiger partial charge in [0.2, 0.25) is 0 Å². The molecule has 1 amide bonds. The molecule has 0 aliphatic heterocycles. The van der Waals surface area contributed by atoms with Gasteiger partial charge in [0.25, 0.3) is 11.6 Å². The molecule has 1 N–H and O–H groups in total. The number of amides is 1. The Hall–Kier alpha value is -4.69. The maximum Gasteiger partial charge on any atom is 0.433 e. The molecule has 0 spiro atoms. The Kier molecular flexibility index (Phi) is 6.15. The summed E-state index contributed by atoms with van der Waals surface area (Å²) in [5.74, 6) is -1.69. The molecule has 1 saturated carbocycles. The number of hydrogen-bond donors (Lipinski definition) is 1. The number of rotatable bonds is 6. The van der Waals surface area contributed by atoms with Crippen molar-refractivity contribution < 1.29 is 40.8 Å². The van der Waals surface area contributed by atoms with Gasteiger partial charge in [-0.25, -0.2) is 9.50 Å². The molecule has 2 aromatic heterocycles. The van der Waals surface area contributed by atoms with Crippen LogP contribution in [0.4, 0.5) is 37.7 Å². The van der Waals surface area contributed by atoms with Crippen LogP contribution in [0.15, 0.2) is 54.7 Å². The van der Waals surface area contributed by atoms with Crippen molar-refractivity contribution >= 4 is 22.9 Å². The molecule has 4 aromatic rings. The fraction of sp³-hybridized carbons (Fsp3) is 0.208. The average molecular weight is 551 g/mol. The first-order valence-corrected chi connectivity index (χ1v) is 11.2. The number of nitrogens with one attached hydrogen (secondary N) is 1. The lowest BCUT2D eigenvalue weighted by atomic mass is 10.2. The molecule has 0 radical (unpaired) electrons. The van der Waals surface area contributed by atoms with E-state index in [1.165, 1.54) is 6.07 Å². The van der Waals surface area contributed by atoms with Crippen molar-refractivity contribution in [1.29, 1.82) is 0 Å². The second-order valence-corrected chi connectivity index (χ2v) is 8.69. The first-order chi connectivity index (χ1) is 18.3. The summed E-state index contributed by atoms with van der Waals surface area (Å²) >= 11 is 0. The van der Waals surface area contributed by atoms with Gasteiger partial charge in [0.05, 0.1) is 28.4 Å². The van der Waals surface area contributed by atoms with E-state index in [-0.39, 0.29) is 40.0 Å². The maximum atomic E-state index is 13.6. The molecule has 202 valence electrons. The van der Waals surface area contributed by atoms with Crippen molar-refractivity contribution in [3.63, 3.8) is 0 Å². The highest BCUT2D eigenvalue weighted by atomic mass is 19.4. The summed E-state index contributed by atoms with van der Waals surface area (Å²) < 4.78 is 85.9. The van der Waals surface area contributed by atoms with Gasteiger partial charge in [0.1, 0.15) is 22.8 Å². The number of alkyl halides is 6. The zero-order chi connectivity index (χ0) is 28.1. The minimum atomic E-state index is -4.78. The summed E-state index contributed by atoms with van der Waals surface area (Å²) in [4.78, 5) is 27.8. The molecule has 2 heterocycles. The molecule has 1 aliphatic carbocycles. The van der Waals surface area contributed by atoms with Crippen LogP contribution >= 0.6 is 0 Å². The minimum absolute atomic E-state index is 0.163. The fourth-order valence-corrected chi connectivity index (χ4v) is 3.82. The van der Waals surface area contributed by atoms with Crippen LogP contribution in [0.1, 0.15) is 46.1 Å². The highest BCUT2D eigenvalue weighted by molar-refractivity contribution is 6.08. The zero-order valence-corrected chi connectivity index (χ0v) is 19.4. The quantitative estimate of drug-likeness (QED) is 0.164. The summed E-state index contributed by atoms with van der Waals surface area (Å²) in [5.41, 5.74) is -3.40. The van der Waals surface area contributed by atoms with Gasteiger partial charge in [-0.15, -0.1) is 0 Å². The molecule has 9 nitrogen and oxygen atoms in total. The summed E-state index contributed by atoms with van der Waals surface area (Å²) in [5, 5.41) is 17.4. The molecular formula is C24H15F6N5O4. The fourth-order valence-electron chi connectivity index (χ4n) is 3.82. The van der Waals surface area contributed by atoms with E-state index in [0.717, 1.165) is 42.6 Å². The maximum absolute atomic E-state index is 13.6. The Labute approximate surface area is 214 Å². The molecule has 2 aromatic carbocycles. The number of anilines is 1. The standard InChI is InChI=1S/C24H15F6N5O4/c25-23(26,27)13-2-1-3-16(6-13)39-17-8-14(7-15(9-17)35(37)38)32-22(36)18-11-31-34-20(24(28,29)30)10-19(12-4-5-12)33-21(18)34/h1-3,6-12H,4-5H2,(H,32,36). The number of aromatic nitrogens is 3. The summed E-state index contributed by atoms with van der Waals surface area (Å²) in [6, 6.07) is 7.68. The third-order valence-corrected chi connectivity index (χ3v) is 5.78. The van der Waals surface area contributed by atoms with Crippen LogP contribution in [-0.4, -0.2) is 25.4 Å². The predicted molar refractivity (Wildman–Crippen MR) is 123 cm³/mol. The minimum Gasteiger partial charge on any atom is -0.457 e. The number of non-ortho nitro benzene ring substituents is 1. The van der Waals surface area contributed by atoms with Crippen LogP contribution in [0.25, 0.3) is 5.65 Å². The van der Waals surface area contributed by atoms with E-state index in [2.05, 4.69) is 15.4 Å². The first-order valence-electron chi connectivity index (χ1n) is 11.2. The number of hydrogen-bond acceptors (Lipinski definition) is 6. The summed E-state index contributed by atoms with van der Waals surface area (Å²) in [6.07, 6.45) is -7.24. The molecule has 39 heavy (non-hydrogen) atoms. The average Bonchev–Trinajstić information content (AvgIpc) is 3.61. The lowest BCUT2D eigenvalue weighted by Crippen LogP contribution is -2.16. The van der Waals surface area contributed by atoms with Gasteiger partial charge in [0.15, 0.2) is 5.65 Å². The molecule has 0 atom stereocenters. The number of ether oxygens (including phenoxy) is 1. The number of carbonyl (C=O) groups excluding carboxylic acids is 1. The van der Waals surface area contributed by atoms with Crippen molar-refractivity contribution in [2.45, 2.75) is 31.1 Å². The van der Waals surface area contributed by atoms with Gasteiger partial charge >= 0.3 is 12.4 Å². The molecule has 0 unspecified atom stereocenters. The van der Waals surface area contributed by atoms with E-state index in [0.29, 0.717) is 23.4 Å². The van der Waals surface area contributed by atoms with E-state index in [1.54, 1.807) is 0 Å². The zero-order valence-electron chi connectivity index (χ0n) is 19.4. The van der Waals surface area contributed by atoms with Crippen LogP contribution in [0.5, 0.6) is 11.5 Å². The smallest absolute Gasteiger partial charge is 0.433 e. The first kappa shape index (κ1) is 25.9. The molecule has 1 fully saturated rings. The van der Waals surface area contributed by atoms with E-state index in [4.69, 9.17) is 4.74 Å². The largest absolute Gasteiger partial charge is 0.457 e. The normalized spacial score (nSPS) is 13.9. The highest BCUT2D eigenvalue weighted by Crippen LogP contribution is 2.41. The Bertz CT molecular complexity index is 1610. The molecule has 5 rings (SSSR count). The number of carbonyl (C=O) groups is 1. The van der Waals surface area contributed by atoms with Crippen molar-refractivity contribution in [2.75, 3.05) is 5.32 Å². The van der Waals surface area contributed by atoms with Crippen LogP contribution < -0.4 is 10.1 Å². The summed E-state index contributed by atoms with van der Waals surface area (Å²) in [6.45, 7) is 0. The number of fused-ring (bicyclic) bond motifs is 1. The summed E-state index contributed by atoms with van der Waals surface area (Å²) in [7, 11) is 0. The van der Waals surface area contributed by atoms with Crippen LogP contribution in [-0.2, 0) is 12.4 Å². The number of benzene rings is 2. The van der Waals surface area contributed by atoms with E-state index < -0.39 is 40.1 Å². The van der Waals surface area contributed by atoms with Crippen molar-refractivity contribution in [2.24, 2.45) is 0 Å². The highest BCUT2D eigenvalue weighted by Gasteiger charge is 2.38. The molecule has 1 aliphatic rings. The van der Waals surface area contributed by atoms with Crippen molar-refractivity contribution in [3.05, 3.63) is 87.4 Å². The Balaban J connectivity index is 1.48. The van der Waals surface area contributed by atoms with Crippen molar-refractivity contribution in [3.8, 4) is 11.5 Å². The predicted octanol–water partition coefficient (Wildman–Crippen LogP) is 6.60. The topological polar surface area (TPSA) is 112 Å². The van der Waals surface area contributed by atoms with Gasteiger partial charge in [0, 0.05) is 23.7 Å². The van der Waals surface area contributed by atoms with Gasteiger partial charge in [-0.05, 0) is 37.1 Å². The van der Waals surface area contributed by atoms with Crippen LogP contribution in [0.3, 0.4) is 0 Å². The van der Waals surface area contributed by atoms with E-state index in [9.17, 15) is 41.3 Å². The number of halogens is 6. The third kappa shape index (κ3) is 5.46. The molecule has 0 saturated heterocycles. The van der Waals surface area contributed by atoms with E-state index >= 15 is 0 Å². The van der Waals surface area contributed by atoms with Gasteiger partial charge < -0.3 is 10.1 Å². The second-order valence-electron chi connectivity index (χ2n) is 8.69.